The van der Waals surface area contributed by atoms with E-state index < -0.39 is 0 Å². The predicted molar refractivity (Wildman–Crippen MR) is 53.8 cm³/mol. The van der Waals surface area contributed by atoms with Gasteiger partial charge in [0.2, 0.25) is 0 Å². The van der Waals surface area contributed by atoms with Crippen LogP contribution in [-0.4, -0.2) is 14.8 Å². The summed E-state index contributed by atoms with van der Waals surface area (Å²) in [7, 11) is 0. The molecule has 0 bridgehead atoms. The Kier molecular flexibility index (Phi) is 2.29. The minimum atomic E-state index is 0.503. The van der Waals surface area contributed by atoms with Crippen LogP contribution in [-0.2, 0) is 0 Å². The van der Waals surface area contributed by atoms with Gasteiger partial charge in [0.15, 0.2) is 5.82 Å². The van der Waals surface area contributed by atoms with Gasteiger partial charge >= 0.3 is 0 Å². The van der Waals surface area contributed by atoms with Gasteiger partial charge in [-0.15, -0.1) is 0 Å². The first-order chi connectivity index (χ1) is 6.81. The summed E-state index contributed by atoms with van der Waals surface area (Å²) in [6.45, 7) is 0. The van der Waals surface area contributed by atoms with Crippen molar-refractivity contribution in [2.45, 2.75) is 0 Å². The van der Waals surface area contributed by atoms with Crippen LogP contribution >= 0.6 is 15.9 Å². The number of hydrogen-bond acceptors (Lipinski definition) is 3. The molecular formula is C9H5BrN4. The second-order valence-corrected chi connectivity index (χ2v) is 3.38. The first-order valence-electron chi connectivity index (χ1n) is 3.88. The van der Waals surface area contributed by atoms with Gasteiger partial charge in [0.05, 0.1) is 5.56 Å². The van der Waals surface area contributed by atoms with E-state index in [9.17, 15) is 0 Å². The molecule has 0 unspecified atom stereocenters. The van der Waals surface area contributed by atoms with Crippen LogP contribution in [0.5, 0.6) is 0 Å². The van der Waals surface area contributed by atoms with E-state index in [2.05, 4.69) is 32.1 Å². The average molecular weight is 249 g/mol. The van der Waals surface area contributed by atoms with Crippen LogP contribution in [0.4, 0.5) is 0 Å². The average Bonchev–Trinajstić information content (AvgIpc) is 2.65. The summed E-state index contributed by atoms with van der Waals surface area (Å²) in [5, 5.41) is 13.0. The zero-order chi connectivity index (χ0) is 9.97. The van der Waals surface area contributed by atoms with Crippen LogP contribution in [0.15, 0.2) is 35.2 Å². The molecule has 2 heterocycles. The highest BCUT2D eigenvalue weighted by molar-refractivity contribution is 9.10. The lowest BCUT2D eigenvalue weighted by Gasteiger charge is -2.00. The number of nitrogens with zero attached hydrogens (tertiary/aromatic N) is 4. The quantitative estimate of drug-likeness (QED) is 0.775. The number of rotatable bonds is 1. The molecule has 0 aliphatic carbocycles. The lowest BCUT2D eigenvalue weighted by Crippen LogP contribution is -2.00. The summed E-state index contributed by atoms with van der Waals surface area (Å²) >= 11 is 3.23. The molecule has 0 atom stereocenters. The number of halogens is 1. The first-order valence-corrected chi connectivity index (χ1v) is 4.67. The van der Waals surface area contributed by atoms with Crippen LogP contribution in [0.3, 0.4) is 0 Å². The summed E-state index contributed by atoms with van der Waals surface area (Å²) < 4.78 is 2.27. The fourth-order valence-electron chi connectivity index (χ4n) is 1.09. The highest BCUT2D eigenvalue weighted by Crippen LogP contribution is 2.12. The third-order valence-electron chi connectivity index (χ3n) is 1.68. The molecule has 0 spiro atoms. The van der Waals surface area contributed by atoms with Gasteiger partial charge in [-0.1, -0.05) is 0 Å². The molecule has 0 aliphatic heterocycles. The van der Waals surface area contributed by atoms with E-state index >= 15 is 0 Å². The van der Waals surface area contributed by atoms with E-state index in [1.807, 2.05) is 0 Å². The molecule has 0 aliphatic rings. The maximum Gasteiger partial charge on any atom is 0.171 e. The SMILES string of the molecule is N#Cc1cccnc1-n1ccc(Br)n1. The van der Waals surface area contributed by atoms with Crippen LogP contribution in [0.2, 0.25) is 0 Å². The van der Waals surface area contributed by atoms with Crippen molar-refractivity contribution in [1.82, 2.24) is 14.8 Å². The van der Waals surface area contributed by atoms with Gasteiger partial charge in [-0.05, 0) is 34.1 Å². The second kappa shape index (κ2) is 3.60. The minimum absolute atomic E-state index is 0.503. The van der Waals surface area contributed by atoms with Crippen LogP contribution < -0.4 is 0 Å². The van der Waals surface area contributed by atoms with Crippen molar-refractivity contribution in [1.29, 1.82) is 5.26 Å². The molecule has 0 N–H and O–H groups in total. The van der Waals surface area contributed by atoms with Gasteiger partial charge in [-0.3, -0.25) is 0 Å². The molecule has 0 aromatic carbocycles. The zero-order valence-electron chi connectivity index (χ0n) is 7.05. The van der Waals surface area contributed by atoms with Crippen molar-refractivity contribution >= 4 is 15.9 Å². The van der Waals surface area contributed by atoms with Crippen molar-refractivity contribution < 1.29 is 0 Å². The van der Waals surface area contributed by atoms with E-state index in [0.717, 1.165) is 0 Å². The number of aromatic nitrogens is 3. The Bertz CT molecular complexity index is 498. The molecular weight excluding hydrogens is 244 g/mol. The van der Waals surface area contributed by atoms with E-state index in [0.29, 0.717) is 16.0 Å². The van der Waals surface area contributed by atoms with Crippen LogP contribution in [0.25, 0.3) is 5.82 Å². The number of pyridine rings is 1. The van der Waals surface area contributed by atoms with Gasteiger partial charge < -0.3 is 0 Å². The second-order valence-electron chi connectivity index (χ2n) is 2.57. The Morgan fingerprint density at radius 2 is 2.29 bits per heavy atom. The number of nitriles is 1. The van der Waals surface area contributed by atoms with Crippen LogP contribution in [0, 0.1) is 11.3 Å². The number of hydrogen-bond donors (Lipinski definition) is 0. The fourth-order valence-corrected chi connectivity index (χ4v) is 1.38. The summed E-state index contributed by atoms with van der Waals surface area (Å²) in [5.74, 6) is 0.542. The van der Waals surface area contributed by atoms with Crippen molar-refractivity contribution in [2.24, 2.45) is 0 Å². The molecule has 0 saturated carbocycles. The van der Waals surface area contributed by atoms with E-state index in [1.165, 1.54) is 0 Å². The molecule has 0 saturated heterocycles. The smallest absolute Gasteiger partial charge is 0.171 e. The standard InChI is InChI=1S/C9H5BrN4/c10-8-3-5-14(13-8)9-7(6-11)2-1-4-12-9/h1-5H. The predicted octanol–water partition coefficient (Wildman–Crippen LogP) is 1.90. The van der Waals surface area contributed by atoms with Crippen molar-refractivity contribution in [2.75, 3.05) is 0 Å². The van der Waals surface area contributed by atoms with Gasteiger partial charge in [-0.25, -0.2) is 9.67 Å². The minimum Gasteiger partial charge on any atom is -0.236 e. The highest BCUT2D eigenvalue weighted by Gasteiger charge is 2.05. The van der Waals surface area contributed by atoms with Gasteiger partial charge in [-0.2, -0.15) is 10.4 Å². The summed E-state index contributed by atoms with van der Waals surface area (Å²) in [5.41, 5.74) is 0.503. The summed E-state index contributed by atoms with van der Waals surface area (Å²) in [6.07, 6.45) is 3.37. The summed E-state index contributed by atoms with van der Waals surface area (Å²) in [6, 6.07) is 7.28. The molecule has 5 heteroatoms. The topological polar surface area (TPSA) is 54.5 Å². The Hall–Kier alpha value is -1.67. The molecule has 2 rings (SSSR count). The third-order valence-corrected chi connectivity index (χ3v) is 2.10. The first kappa shape index (κ1) is 8.91. The maximum atomic E-state index is 8.84. The molecule has 2 aromatic heterocycles. The molecule has 0 radical (unpaired) electrons. The fraction of sp³-hybridized carbons (Fsp3) is 0. The normalized spacial score (nSPS) is 9.71. The molecule has 68 valence electrons. The zero-order valence-corrected chi connectivity index (χ0v) is 8.64. The maximum absolute atomic E-state index is 8.84. The Balaban J connectivity index is 2.57. The Labute approximate surface area is 88.9 Å². The highest BCUT2D eigenvalue weighted by atomic mass is 79.9. The van der Waals surface area contributed by atoms with E-state index in [-0.39, 0.29) is 0 Å². The van der Waals surface area contributed by atoms with Gasteiger partial charge in [0.1, 0.15) is 10.7 Å². The molecule has 0 amide bonds. The Morgan fingerprint density at radius 1 is 1.43 bits per heavy atom. The molecule has 2 aromatic rings. The summed E-state index contributed by atoms with van der Waals surface area (Å²) in [4.78, 5) is 4.09. The third kappa shape index (κ3) is 1.52. The Morgan fingerprint density at radius 3 is 2.93 bits per heavy atom. The lowest BCUT2D eigenvalue weighted by atomic mass is 10.3. The molecule has 4 nitrogen and oxygen atoms in total. The molecule has 0 fully saturated rings. The van der Waals surface area contributed by atoms with Crippen LogP contribution in [0.1, 0.15) is 5.56 Å². The van der Waals surface area contributed by atoms with Crippen molar-refractivity contribution in [3.63, 3.8) is 0 Å². The van der Waals surface area contributed by atoms with Gasteiger partial charge in [0.25, 0.3) is 0 Å². The van der Waals surface area contributed by atoms with Gasteiger partial charge in [0, 0.05) is 12.4 Å². The monoisotopic (exact) mass is 248 g/mol. The molecule has 14 heavy (non-hydrogen) atoms. The largest absolute Gasteiger partial charge is 0.236 e. The van der Waals surface area contributed by atoms with Crippen molar-refractivity contribution in [3.05, 3.63) is 40.8 Å². The lowest BCUT2D eigenvalue weighted by molar-refractivity contribution is 0.835. The van der Waals surface area contributed by atoms with Crippen molar-refractivity contribution in [3.8, 4) is 11.9 Å². The van der Waals surface area contributed by atoms with E-state index in [4.69, 9.17) is 5.26 Å². The van der Waals surface area contributed by atoms with E-state index in [1.54, 1.807) is 35.3 Å².